The summed E-state index contributed by atoms with van der Waals surface area (Å²) in [6.07, 6.45) is 0. The van der Waals surface area contributed by atoms with Gasteiger partial charge in [-0.1, -0.05) is 11.6 Å². The van der Waals surface area contributed by atoms with Crippen molar-refractivity contribution in [1.29, 1.82) is 0 Å². The van der Waals surface area contributed by atoms with Gasteiger partial charge in [-0.25, -0.2) is 0 Å². The Hall–Kier alpha value is -0.0200. The average Bonchev–Trinajstić information content (AvgIpc) is 2.76. The minimum absolute atomic E-state index is 0.0579. The number of halogens is 2. The highest BCUT2D eigenvalue weighted by Gasteiger charge is 2.14. The van der Waals surface area contributed by atoms with E-state index < -0.39 is 0 Å². The Bertz CT molecular complexity index is 398. The fourth-order valence-electron chi connectivity index (χ4n) is 1.19. The maximum Gasteiger partial charge on any atom is 0.0960 e. The second-order valence-electron chi connectivity index (χ2n) is 3.02. The molecule has 1 unspecified atom stereocenters. The molecule has 0 aromatic carbocycles. The van der Waals surface area contributed by atoms with E-state index in [2.05, 4.69) is 11.4 Å². The molecular weight excluding hydrogens is 255 g/mol. The largest absolute Gasteiger partial charge is 0.152 e. The van der Waals surface area contributed by atoms with Crippen LogP contribution in [0.1, 0.15) is 21.4 Å². The van der Waals surface area contributed by atoms with Gasteiger partial charge in [0.15, 0.2) is 0 Å². The first-order valence-electron chi connectivity index (χ1n) is 4.10. The van der Waals surface area contributed by atoms with Gasteiger partial charge in [0.2, 0.25) is 0 Å². The molecule has 0 spiro atoms. The standard InChI is InChI=1S/C10H8Cl2S2/c1-6-4-8(14-10(6)12)9(11)7-2-3-13-5-7/h2-5,9H,1H3. The highest BCUT2D eigenvalue weighted by Crippen LogP contribution is 2.38. The van der Waals surface area contributed by atoms with Gasteiger partial charge in [0, 0.05) is 4.88 Å². The third-order valence-corrected chi connectivity index (χ3v) is 4.90. The molecule has 0 bridgehead atoms. The van der Waals surface area contributed by atoms with Gasteiger partial charge in [-0.05, 0) is 40.9 Å². The lowest BCUT2D eigenvalue weighted by Gasteiger charge is -2.02. The van der Waals surface area contributed by atoms with Crippen LogP contribution in [-0.4, -0.2) is 0 Å². The highest BCUT2D eigenvalue weighted by molar-refractivity contribution is 7.16. The fourth-order valence-corrected chi connectivity index (χ4v) is 3.51. The molecule has 74 valence electrons. The Morgan fingerprint density at radius 2 is 2.21 bits per heavy atom. The van der Waals surface area contributed by atoms with Crippen LogP contribution in [-0.2, 0) is 0 Å². The van der Waals surface area contributed by atoms with Gasteiger partial charge in [0.1, 0.15) is 0 Å². The van der Waals surface area contributed by atoms with Crippen LogP contribution in [0.3, 0.4) is 0 Å². The third-order valence-electron chi connectivity index (χ3n) is 1.96. The van der Waals surface area contributed by atoms with Gasteiger partial charge < -0.3 is 0 Å². The normalized spacial score (nSPS) is 13.1. The van der Waals surface area contributed by atoms with Crippen molar-refractivity contribution < 1.29 is 0 Å². The molecule has 14 heavy (non-hydrogen) atoms. The monoisotopic (exact) mass is 262 g/mol. The van der Waals surface area contributed by atoms with Gasteiger partial charge in [-0.15, -0.1) is 22.9 Å². The van der Waals surface area contributed by atoms with Crippen LogP contribution >= 0.6 is 45.9 Å². The number of hydrogen-bond donors (Lipinski definition) is 0. The summed E-state index contributed by atoms with van der Waals surface area (Å²) < 4.78 is 0.834. The maximum absolute atomic E-state index is 6.32. The Morgan fingerprint density at radius 1 is 1.43 bits per heavy atom. The van der Waals surface area contributed by atoms with Crippen molar-refractivity contribution in [2.24, 2.45) is 0 Å². The van der Waals surface area contributed by atoms with Crippen LogP contribution in [0.5, 0.6) is 0 Å². The lowest BCUT2D eigenvalue weighted by atomic mass is 10.2. The molecule has 0 amide bonds. The second kappa shape index (κ2) is 4.23. The van der Waals surface area contributed by atoms with Crippen molar-refractivity contribution in [1.82, 2.24) is 0 Å². The summed E-state index contributed by atoms with van der Waals surface area (Å²) in [5.41, 5.74) is 2.25. The molecule has 2 aromatic rings. The van der Waals surface area contributed by atoms with Crippen LogP contribution in [0.4, 0.5) is 0 Å². The SMILES string of the molecule is Cc1cc(C(Cl)c2ccsc2)sc1Cl. The molecule has 2 aromatic heterocycles. The molecule has 0 saturated heterocycles. The van der Waals surface area contributed by atoms with Crippen molar-refractivity contribution in [3.63, 3.8) is 0 Å². The molecule has 0 radical (unpaired) electrons. The fraction of sp³-hybridized carbons (Fsp3) is 0.200. The topological polar surface area (TPSA) is 0 Å². The Balaban J connectivity index is 2.32. The van der Waals surface area contributed by atoms with Gasteiger partial charge in [0.05, 0.1) is 9.71 Å². The van der Waals surface area contributed by atoms with Crippen molar-refractivity contribution in [3.05, 3.63) is 43.2 Å². The van der Waals surface area contributed by atoms with E-state index in [1.165, 1.54) is 0 Å². The maximum atomic E-state index is 6.32. The molecular formula is C10H8Cl2S2. The van der Waals surface area contributed by atoms with Gasteiger partial charge >= 0.3 is 0 Å². The van der Waals surface area contributed by atoms with E-state index >= 15 is 0 Å². The number of alkyl halides is 1. The van der Waals surface area contributed by atoms with E-state index in [0.717, 1.165) is 20.3 Å². The van der Waals surface area contributed by atoms with Crippen molar-refractivity contribution in [3.8, 4) is 0 Å². The van der Waals surface area contributed by atoms with Crippen LogP contribution in [0.25, 0.3) is 0 Å². The number of hydrogen-bond acceptors (Lipinski definition) is 2. The Morgan fingerprint density at radius 3 is 2.71 bits per heavy atom. The molecule has 4 heteroatoms. The molecule has 0 aliphatic heterocycles. The van der Waals surface area contributed by atoms with E-state index in [4.69, 9.17) is 23.2 Å². The first kappa shape index (κ1) is 10.5. The van der Waals surface area contributed by atoms with Gasteiger partial charge in [0.25, 0.3) is 0 Å². The summed E-state index contributed by atoms with van der Waals surface area (Å²) in [6, 6.07) is 4.10. The van der Waals surface area contributed by atoms with Crippen molar-refractivity contribution >= 4 is 45.9 Å². The summed E-state index contributed by atoms with van der Waals surface area (Å²) in [5, 5.41) is 4.05. The molecule has 2 heterocycles. The molecule has 0 aliphatic carbocycles. The highest BCUT2D eigenvalue weighted by atomic mass is 35.5. The summed E-state index contributed by atoms with van der Waals surface area (Å²) in [6.45, 7) is 2.00. The summed E-state index contributed by atoms with van der Waals surface area (Å²) >= 11 is 15.5. The van der Waals surface area contributed by atoms with Crippen LogP contribution in [0.2, 0.25) is 4.34 Å². The summed E-state index contributed by atoms with van der Waals surface area (Å²) in [5.74, 6) is 0. The van der Waals surface area contributed by atoms with Crippen LogP contribution < -0.4 is 0 Å². The molecule has 0 aliphatic rings. The van der Waals surface area contributed by atoms with Crippen LogP contribution in [0.15, 0.2) is 22.9 Å². The quantitative estimate of drug-likeness (QED) is 0.661. The predicted molar refractivity (Wildman–Crippen MR) is 66.1 cm³/mol. The van der Waals surface area contributed by atoms with Crippen LogP contribution in [0, 0.1) is 6.92 Å². The first-order valence-corrected chi connectivity index (χ1v) is 6.68. The zero-order valence-corrected chi connectivity index (χ0v) is 10.6. The third kappa shape index (κ3) is 1.98. The Labute approximate surface area is 101 Å². The first-order chi connectivity index (χ1) is 6.68. The summed E-state index contributed by atoms with van der Waals surface area (Å²) in [7, 11) is 0. The van der Waals surface area contributed by atoms with Crippen molar-refractivity contribution in [2.45, 2.75) is 12.3 Å². The number of thiophene rings is 2. The van der Waals surface area contributed by atoms with E-state index in [-0.39, 0.29) is 5.38 Å². The molecule has 0 N–H and O–H groups in total. The molecule has 0 saturated carbocycles. The van der Waals surface area contributed by atoms with E-state index in [9.17, 15) is 0 Å². The zero-order chi connectivity index (χ0) is 10.1. The predicted octanol–water partition coefficient (Wildman–Crippen LogP) is 5.10. The number of rotatable bonds is 2. The van der Waals surface area contributed by atoms with Gasteiger partial charge in [-0.3, -0.25) is 0 Å². The minimum atomic E-state index is -0.0579. The summed E-state index contributed by atoms with van der Waals surface area (Å²) in [4.78, 5) is 1.12. The van der Waals surface area contributed by atoms with Crippen molar-refractivity contribution in [2.75, 3.05) is 0 Å². The lowest BCUT2D eigenvalue weighted by molar-refractivity contribution is 1.20. The minimum Gasteiger partial charge on any atom is -0.152 e. The average molecular weight is 263 g/mol. The lowest BCUT2D eigenvalue weighted by Crippen LogP contribution is -1.85. The molecule has 1 atom stereocenters. The van der Waals surface area contributed by atoms with E-state index in [1.54, 1.807) is 22.7 Å². The Kier molecular flexibility index (Phi) is 3.17. The van der Waals surface area contributed by atoms with E-state index in [1.807, 2.05) is 18.4 Å². The molecule has 2 rings (SSSR count). The second-order valence-corrected chi connectivity index (χ2v) is 5.93. The molecule has 0 fully saturated rings. The van der Waals surface area contributed by atoms with Gasteiger partial charge in [-0.2, -0.15) is 11.3 Å². The number of aryl methyl sites for hydroxylation is 1. The molecule has 0 nitrogen and oxygen atoms in total. The van der Waals surface area contributed by atoms with E-state index in [0.29, 0.717) is 0 Å². The zero-order valence-electron chi connectivity index (χ0n) is 7.46. The smallest absolute Gasteiger partial charge is 0.0960 e.